The van der Waals surface area contributed by atoms with Crippen molar-refractivity contribution in [2.24, 2.45) is 0 Å². The van der Waals surface area contributed by atoms with Gasteiger partial charge in [0, 0.05) is 31.6 Å². The van der Waals surface area contributed by atoms with Gasteiger partial charge >= 0.3 is 0 Å². The van der Waals surface area contributed by atoms with E-state index in [4.69, 9.17) is 0 Å². The van der Waals surface area contributed by atoms with E-state index in [0.717, 1.165) is 42.0 Å². The van der Waals surface area contributed by atoms with Gasteiger partial charge in [-0.1, -0.05) is 44.2 Å². The van der Waals surface area contributed by atoms with E-state index in [1.165, 1.54) is 0 Å². The van der Waals surface area contributed by atoms with Crippen LogP contribution in [-0.4, -0.2) is 41.5 Å². The molecular formula is C16H22N4OS. The zero-order valence-electron chi connectivity index (χ0n) is 13.3. The van der Waals surface area contributed by atoms with Crippen molar-refractivity contribution in [3.05, 3.63) is 29.3 Å². The Labute approximate surface area is 135 Å². The molecule has 0 atom stereocenters. The number of hydrogen-bond acceptors (Lipinski definition) is 6. The van der Waals surface area contributed by atoms with Gasteiger partial charge in [0.2, 0.25) is 5.13 Å². The fraction of sp³-hybridized carbons (Fsp3) is 0.500. The molecule has 6 heteroatoms. The van der Waals surface area contributed by atoms with Crippen LogP contribution in [0.1, 0.15) is 25.8 Å². The smallest absolute Gasteiger partial charge is 0.208 e. The number of phenolic OH excluding ortho intramolecular Hbond substituents is 1. The van der Waals surface area contributed by atoms with Crippen molar-refractivity contribution in [1.82, 2.24) is 10.2 Å². The lowest BCUT2D eigenvalue weighted by Gasteiger charge is -2.35. The van der Waals surface area contributed by atoms with Gasteiger partial charge in [-0.3, -0.25) is 0 Å². The predicted octanol–water partition coefficient (Wildman–Crippen LogP) is 2.87. The van der Waals surface area contributed by atoms with E-state index in [1.54, 1.807) is 17.4 Å². The first kappa shape index (κ1) is 15.1. The van der Waals surface area contributed by atoms with Gasteiger partial charge in [0.1, 0.15) is 10.8 Å². The van der Waals surface area contributed by atoms with Gasteiger partial charge in [0.15, 0.2) is 0 Å². The summed E-state index contributed by atoms with van der Waals surface area (Å²) in [4.78, 5) is 4.50. The van der Waals surface area contributed by atoms with Gasteiger partial charge in [-0.05, 0) is 12.1 Å². The minimum Gasteiger partial charge on any atom is -0.506 e. The topological polar surface area (TPSA) is 52.5 Å². The fourth-order valence-corrected chi connectivity index (χ4v) is 3.47. The van der Waals surface area contributed by atoms with E-state index < -0.39 is 0 Å². The summed E-state index contributed by atoms with van der Waals surface area (Å²) in [5.41, 5.74) is 0.961. The first-order valence-corrected chi connectivity index (χ1v) is 8.39. The maximum Gasteiger partial charge on any atom is 0.208 e. The van der Waals surface area contributed by atoms with Gasteiger partial charge in [-0.15, -0.1) is 10.2 Å². The van der Waals surface area contributed by atoms with Crippen LogP contribution < -0.4 is 9.80 Å². The molecule has 0 radical (unpaired) electrons. The van der Waals surface area contributed by atoms with Gasteiger partial charge in [0.25, 0.3) is 0 Å². The third kappa shape index (κ3) is 3.02. The summed E-state index contributed by atoms with van der Waals surface area (Å²) in [5.74, 6) is 0.349. The highest BCUT2D eigenvalue weighted by Gasteiger charge is 2.24. The second-order valence-electron chi connectivity index (χ2n) is 6.60. The van der Waals surface area contributed by atoms with E-state index in [0.29, 0.717) is 5.75 Å². The van der Waals surface area contributed by atoms with E-state index in [1.807, 2.05) is 18.2 Å². The first-order valence-electron chi connectivity index (χ1n) is 7.57. The van der Waals surface area contributed by atoms with Gasteiger partial charge in [-0.2, -0.15) is 0 Å². The second-order valence-corrected chi connectivity index (χ2v) is 7.56. The lowest BCUT2D eigenvalue weighted by molar-refractivity contribution is 0.472. The summed E-state index contributed by atoms with van der Waals surface area (Å²) in [6.07, 6.45) is 0. The van der Waals surface area contributed by atoms with Crippen LogP contribution in [0, 0.1) is 0 Å². The molecule has 2 aromatic rings. The van der Waals surface area contributed by atoms with Crippen LogP contribution in [-0.2, 0) is 5.41 Å². The molecule has 0 aliphatic carbocycles. The molecule has 1 N–H and O–H groups in total. The van der Waals surface area contributed by atoms with Crippen LogP contribution in [0.25, 0.3) is 0 Å². The molecule has 1 fully saturated rings. The molecular weight excluding hydrogens is 296 g/mol. The van der Waals surface area contributed by atoms with Crippen molar-refractivity contribution < 1.29 is 5.11 Å². The zero-order valence-corrected chi connectivity index (χ0v) is 14.1. The van der Waals surface area contributed by atoms with Crippen LogP contribution in [0.4, 0.5) is 10.8 Å². The highest BCUT2D eigenvalue weighted by Crippen LogP contribution is 2.32. The molecule has 0 amide bonds. The SMILES string of the molecule is CC(C)(C)c1nnc(N2CCN(c3ccccc3O)CC2)s1. The molecule has 0 unspecified atom stereocenters. The number of piperazine rings is 1. The minimum absolute atomic E-state index is 0.0492. The third-order valence-corrected chi connectivity index (χ3v) is 5.24. The highest BCUT2D eigenvalue weighted by molar-refractivity contribution is 7.15. The minimum atomic E-state index is 0.0492. The lowest BCUT2D eigenvalue weighted by atomic mass is 9.98. The maximum atomic E-state index is 9.96. The molecule has 1 aromatic heterocycles. The molecule has 1 aliphatic rings. The quantitative estimate of drug-likeness (QED) is 0.923. The summed E-state index contributed by atoms with van der Waals surface area (Å²) in [6.45, 7) is 10.0. The van der Waals surface area contributed by atoms with Crippen LogP contribution in [0.15, 0.2) is 24.3 Å². The number of aromatic nitrogens is 2. The Kier molecular flexibility index (Phi) is 3.95. The van der Waals surface area contributed by atoms with E-state index >= 15 is 0 Å². The van der Waals surface area contributed by atoms with Crippen molar-refractivity contribution in [2.75, 3.05) is 36.0 Å². The van der Waals surface area contributed by atoms with Crippen LogP contribution in [0.5, 0.6) is 5.75 Å². The molecule has 0 saturated carbocycles. The van der Waals surface area contributed by atoms with Crippen molar-refractivity contribution in [1.29, 1.82) is 0 Å². The molecule has 118 valence electrons. The average molecular weight is 318 g/mol. The normalized spacial score (nSPS) is 16.1. The molecule has 2 heterocycles. The van der Waals surface area contributed by atoms with Crippen LogP contribution >= 0.6 is 11.3 Å². The molecule has 0 spiro atoms. The van der Waals surface area contributed by atoms with Gasteiger partial charge in [-0.25, -0.2) is 0 Å². The fourth-order valence-electron chi connectivity index (χ4n) is 2.52. The zero-order chi connectivity index (χ0) is 15.7. The Bertz CT molecular complexity index is 642. The predicted molar refractivity (Wildman–Crippen MR) is 91.1 cm³/mol. The highest BCUT2D eigenvalue weighted by atomic mass is 32.1. The first-order chi connectivity index (χ1) is 10.4. The molecule has 1 aliphatic heterocycles. The number of nitrogens with zero attached hydrogens (tertiary/aromatic N) is 4. The third-order valence-electron chi connectivity index (χ3n) is 3.83. The summed E-state index contributed by atoms with van der Waals surface area (Å²) in [6, 6.07) is 7.52. The van der Waals surface area contributed by atoms with Crippen molar-refractivity contribution in [3.8, 4) is 5.75 Å². The van der Waals surface area contributed by atoms with Crippen molar-refractivity contribution in [3.63, 3.8) is 0 Å². The Morgan fingerprint density at radius 1 is 1.00 bits per heavy atom. The van der Waals surface area contributed by atoms with E-state index in [9.17, 15) is 5.11 Å². The average Bonchev–Trinajstić information content (AvgIpc) is 2.98. The lowest BCUT2D eigenvalue weighted by Crippen LogP contribution is -2.46. The molecule has 3 rings (SSSR count). The van der Waals surface area contributed by atoms with Gasteiger partial charge < -0.3 is 14.9 Å². The maximum absolute atomic E-state index is 9.96. The number of hydrogen-bond donors (Lipinski definition) is 1. The van der Waals surface area contributed by atoms with Crippen molar-refractivity contribution in [2.45, 2.75) is 26.2 Å². The Morgan fingerprint density at radius 3 is 2.23 bits per heavy atom. The summed E-state index contributed by atoms with van der Waals surface area (Å²) in [5, 5.41) is 20.7. The number of anilines is 2. The second kappa shape index (κ2) is 5.76. The number of para-hydroxylation sites is 2. The largest absolute Gasteiger partial charge is 0.506 e. The number of phenols is 1. The molecule has 1 aromatic carbocycles. The summed E-state index contributed by atoms with van der Waals surface area (Å²) < 4.78 is 0. The monoisotopic (exact) mass is 318 g/mol. The number of rotatable bonds is 2. The molecule has 5 nitrogen and oxygen atoms in total. The van der Waals surface area contributed by atoms with Gasteiger partial charge in [0.05, 0.1) is 5.69 Å². The summed E-state index contributed by atoms with van der Waals surface area (Å²) >= 11 is 1.68. The molecule has 1 saturated heterocycles. The number of benzene rings is 1. The molecule has 0 bridgehead atoms. The Morgan fingerprint density at radius 2 is 1.64 bits per heavy atom. The van der Waals surface area contributed by atoms with Crippen LogP contribution in [0.2, 0.25) is 0 Å². The standard InChI is InChI=1S/C16H22N4OS/c1-16(2,3)14-17-18-15(22-14)20-10-8-19(9-11-20)12-6-4-5-7-13(12)21/h4-7,21H,8-11H2,1-3H3. The summed E-state index contributed by atoms with van der Waals surface area (Å²) in [7, 11) is 0. The van der Waals surface area contributed by atoms with E-state index in [2.05, 4.69) is 40.8 Å². The number of aromatic hydroxyl groups is 1. The molecule has 22 heavy (non-hydrogen) atoms. The van der Waals surface area contributed by atoms with Crippen LogP contribution in [0.3, 0.4) is 0 Å². The van der Waals surface area contributed by atoms with E-state index in [-0.39, 0.29) is 5.41 Å². The van der Waals surface area contributed by atoms with Crippen molar-refractivity contribution >= 4 is 22.2 Å². The Hall–Kier alpha value is -1.82. The Balaban J connectivity index is 1.67.